The lowest BCUT2D eigenvalue weighted by atomic mass is 10.1. The number of aryl methyl sites for hydroxylation is 1. The fourth-order valence-electron chi connectivity index (χ4n) is 3.17. The number of nitrogens with zero attached hydrogens (tertiary/aromatic N) is 2. The van der Waals surface area contributed by atoms with E-state index in [-0.39, 0.29) is 5.56 Å². The number of hydrogen-bond acceptors (Lipinski definition) is 3. The minimum atomic E-state index is 0.00686. The quantitative estimate of drug-likeness (QED) is 0.764. The Kier molecular flexibility index (Phi) is 5.70. The van der Waals surface area contributed by atoms with Crippen LogP contribution >= 0.6 is 0 Å². The third-order valence-electron chi connectivity index (χ3n) is 4.61. The van der Waals surface area contributed by atoms with Crippen LogP contribution in [0.25, 0.3) is 11.1 Å². The van der Waals surface area contributed by atoms with Crippen molar-refractivity contribution >= 4 is 0 Å². The molecule has 4 heteroatoms. The Morgan fingerprint density at radius 3 is 2.38 bits per heavy atom. The smallest absolute Gasteiger partial charge is 0.250 e. The van der Waals surface area contributed by atoms with Crippen LogP contribution in [0.4, 0.5) is 0 Å². The summed E-state index contributed by atoms with van der Waals surface area (Å²) in [6, 6.07) is 11.5. The second kappa shape index (κ2) is 8.15. The van der Waals surface area contributed by atoms with E-state index in [1.54, 1.807) is 17.7 Å². The van der Waals surface area contributed by atoms with Gasteiger partial charge >= 0.3 is 0 Å². The van der Waals surface area contributed by atoms with Gasteiger partial charge in [-0.1, -0.05) is 18.6 Å². The summed E-state index contributed by atoms with van der Waals surface area (Å²) in [6.45, 7) is 4.38. The molecule has 4 nitrogen and oxygen atoms in total. The Morgan fingerprint density at radius 2 is 1.67 bits per heavy atom. The molecule has 1 saturated heterocycles. The van der Waals surface area contributed by atoms with Gasteiger partial charge in [-0.2, -0.15) is 0 Å². The van der Waals surface area contributed by atoms with Gasteiger partial charge in [-0.05, 0) is 61.7 Å². The second-order valence-electron chi connectivity index (χ2n) is 6.50. The highest BCUT2D eigenvalue weighted by Gasteiger charge is 2.09. The van der Waals surface area contributed by atoms with Crippen molar-refractivity contribution in [1.29, 1.82) is 0 Å². The van der Waals surface area contributed by atoms with E-state index in [1.807, 2.05) is 36.5 Å². The molecule has 1 aliphatic rings. The number of likely N-dealkylation sites (tertiary alicyclic amines) is 1. The number of hydrogen-bond donors (Lipinski definition) is 0. The van der Waals surface area contributed by atoms with Crippen molar-refractivity contribution in [2.24, 2.45) is 7.05 Å². The summed E-state index contributed by atoms with van der Waals surface area (Å²) >= 11 is 0. The van der Waals surface area contributed by atoms with Crippen LogP contribution in [0.1, 0.15) is 25.7 Å². The summed E-state index contributed by atoms with van der Waals surface area (Å²) in [7, 11) is 1.77. The number of aromatic nitrogens is 1. The fraction of sp³-hybridized carbons (Fsp3) is 0.450. The Hall–Kier alpha value is -2.07. The second-order valence-corrected chi connectivity index (χ2v) is 6.50. The van der Waals surface area contributed by atoms with E-state index in [9.17, 15) is 4.79 Å². The molecule has 24 heavy (non-hydrogen) atoms. The summed E-state index contributed by atoms with van der Waals surface area (Å²) in [4.78, 5) is 14.0. The first-order valence-electron chi connectivity index (χ1n) is 8.85. The van der Waals surface area contributed by atoms with Crippen molar-refractivity contribution in [2.75, 3.05) is 26.2 Å². The first kappa shape index (κ1) is 16.8. The van der Waals surface area contributed by atoms with Crippen molar-refractivity contribution in [3.8, 4) is 16.9 Å². The van der Waals surface area contributed by atoms with Crippen LogP contribution in [0.15, 0.2) is 47.4 Å². The van der Waals surface area contributed by atoms with E-state index in [0.29, 0.717) is 0 Å². The van der Waals surface area contributed by atoms with Crippen LogP contribution in [-0.2, 0) is 7.05 Å². The molecule has 1 fully saturated rings. The summed E-state index contributed by atoms with van der Waals surface area (Å²) < 4.78 is 7.45. The zero-order chi connectivity index (χ0) is 16.8. The number of benzene rings is 1. The highest BCUT2D eigenvalue weighted by atomic mass is 16.5. The first-order valence-corrected chi connectivity index (χ1v) is 8.85. The maximum absolute atomic E-state index is 11.5. The van der Waals surface area contributed by atoms with Gasteiger partial charge in [0.05, 0.1) is 6.61 Å². The molecule has 0 bridgehead atoms. The number of rotatable bonds is 6. The average Bonchev–Trinajstić information content (AvgIpc) is 2.62. The normalized spacial score (nSPS) is 15.4. The molecule has 0 radical (unpaired) electrons. The first-order chi connectivity index (χ1) is 11.7. The molecule has 0 aliphatic carbocycles. The molecule has 1 aromatic carbocycles. The van der Waals surface area contributed by atoms with E-state index >= 15 is 0 Å². The summed E-state index contributed by atoms with van der Waals surface area (Å²) in [5.74, 6) is 0.905. The zero-order valence-corrected chi connectivity index (χ0v) is 14.4. The van der Waals surface area contributed by atoms with Gasteiger partial charge < -0.3 is 14.2 Å². The van der Waals surface area contributed by atoms with Gasteiger partial charge in [0, 0.05) is 25.9 Å². The molecule has 0 atom stereocenters. The number of piperidine rings is 1. The third-order valence-corrected chi connectivity index (χ3v) is 4.61. The predicted octanol–water partition coefficient (Wildman–Crippen LogP) is 3.31. The Balaban J connectivity index is 1.49. The van der Waals surface area contributed by atoms with Crippen LogP contribution < -0.4 is 10.3 Å². The average molecular weight is 326 g/mol. The van der Waals surface area contributed by atoms with E-state index < -0.39 is 0 Å². The SMILES string of the molecule is Cn1cc(-c2ccc(OCCCN3CCCCC3)cc2)ccc1=O. The van der Waals surface area contributed by atoms with Crippen LogP contribution in [0, 0.1) is 0 Å². The van der Waals surface area contributed by atoms with Crippen LogP contribution in [0.2, 0.25) is 0 Å². The molecule has 3 rings (SSSR count). The van der Waals surface area contributed by atoms with Crippen molar-refractivity contribution < 1.29 is 4.74 Å². The molecule has 2 aromatic rings. The molecule has 0 saturated carbocycles. The van der Waals surface area contributed by atoms with Gasteiger partial charge in [-0.25, -0.2) is 0 Å². The van der Waals surface area contributed by atoms with Gasteiger partial charge in [0.15, 0.2) is 0 Å². The van der Waals surface area contributed by atoms with Crippen LogP contribution in [-0.4, -0.2) is 35.7 Å². The molecule has 1 aromatic heterocycles. The van der Waals surface area contributed by atoms with Gasteiger partial charge in [-0.3, -0.25) is 4.79 Å². The summed E-state index contributed by atoms with van der Waals surface area (Å²) in [5, 5.41) is 0. The lowest BCUT2D eigenvalue weighted by molar-refractivity contribution is 0.205. The topological polar surface area (TPSA) is 34.5 Å². The Morgan fingerprint density at radius 1 is 0.958 bits per heavy atom. The van der Waals surface area contributed by atoms with Gasteiger partial charge in [0.25, 0.3) is 0 Å². The molecular formula is C20H26N2O2. The predicted molar refractivity (Wildman–Crippen MR) is 97.5 cm³/mol. The van der Waals surface area contributed by atoms with Gasteiger partial charge in [-0.15, -0.1) is 0 Å². The van der Waals surface area contributed by atoms with E-state index in [0.717, 1.165) is 36.4 Å². The largest absolute Gasteiger partial charge is 0.494 e. The van der Waals surface area contributed by atoms with E-state index in [2.05, 4.69) is 4.90 Å². The lowest BCUT2D eigenvalue weighted by Gasteiger charge is -2.26. The number of pyridine rings is 1. The summed E-state index contributed by atoms with van der Waals surface area (Å²) in [5.41, 5.74) is 2.13. The van der Waals surface area contributed by atoms with E-state index in [4.69, 9.17) is 4.74 Å². The standard InChI is InChI=1S/C20H26N2O2/c1-21-16-18(8-11-20(21)23)17-6-9-19(10-7-17)24-15-5-14-22-12-3-2-4-13-22/h6-11,16H,2-5,12-15H2,1H3. The minimum absolute atomic E-state index is 0.00686. The molecule has 2 heterocycles. The number of ether oxygens (including phenoxy) is 1. The maximum Gasteiger partial charge on any atom is 0.250 e. The maximum atomic E-state index is 11.5. The Bertz CT molecular complexity index is 700. The molecular weight excluding hydrogens is 300 g/mol. The van der Waals surface area contributed by atoms with Crippen LogP contribution in [0.3, 0.4) is 0 Å². The molecule has 0 N–H and O–H groups in total. The molecule has 1 aliphatic heterocycles. The van der Waals surface area contributed by atoms with Crippen LogP contribution in [0.5, 0.6) is 5.75 Å². The zero-order valence-electron chi connectivity index (χ0n) is 14.4. The molecule has 0 unspecified atom stereocenters. The molecule has 128 valence electrons. The lowest BCUT2D eigenvalue weighted by Crippen LogP contribution is -2.31. The van der Waals surface area contributed by atoms with Crippen molar-refractivity contribution in [2.45, 2.75) is 25.7 Å². The monoisotopic (exact) mass is 326 g/mol. The highest BCUT2D eigenvalue weighted by Crippen LogP contribution is 2.21. The van der Waals surface area contributed by atoms with Gasteiger partial charge in [0.2, 0.25) is 5.56 Å². The van der Waals surface area contributed by atoms with Crippen molar-refractivity contribution in [3.05, 3.63) is 52.9 Å². The minimum Gasteiger partial charge on any atom is -0.494 e. The fourth-order valence-corrected chi connectivity index (χ4v) is 3.17. The van der Waals surface area contributed by atoms with E-state index in [1.165, 1.54) is 32.4 Å². The highest BCUT2D eigenvalue weighted by molar-refractivity contribution is 5.63. The summed E-state index contributed by atoms with van der Waals surface area (Å²) in [6.07, 6.45) is 7.00. The molecule has 0 spiro atoms. The Labute approximate surface area is 143 Å². The third kappa shape index (κ3) is 4.48. The van der Waals surface area contributed by atoms with Gasteiger partial charge in [0.1, 0.15) is 5.75 Å². The molecule has 0 amide bonds. The van der Waals surface area contributed by atoms with Crippen molar-refractivity contribution in [1.82, 2.24) is 9.47 Å². The van der Waals surface area contributed by atoms with Crippen molar-refractivity contribution in [3.63, 3.8) is 0 Å².